The molecule has 0 aromatic heterocycles. The average Bonchev–Trinajstić information content (AvgIpc) is 2.28. The van der Waals surface area contributed by atoms with Crippen LogP contribution in [0.15, 0.2) is 16.6 Å². The Morgan fingerprint density at radius 2 is 1.94 bits per heavy atom. The summed E-state index contributed by atoms with van der Waals surface area (Å²) >= 11 is 3.42. The molecule has 0 bridgehead atoms. The molecule has 0 heterocycles. The second kappa shape index (κ2) is 7.16. The molecule has 0 radical (unpaired) electrons. The summed E-state index contributed by atoms with van der Waals surface area (Å²) in [5.41, 5.74) is 2.81. The Balaban J connectivity index is 2.56. The molecule has 1 aromatic carbocycles. The van der Waals surface area contributed by atoms with Crippen molar-refractivity contribution < 1.29 is 18.6 Å². The molecule has 18 heavy (non-hydrogen) atoms. The van der Waals surface area contributed by atoms with E-state index in [0.717, 1.165) is 21.2 Å². The molecule has 102 valence electrons. The van der Waals surface area contributed by atoms with E-state index >= 15 is 0 Å². The van der Waals surface area contributed by atoms with Gasteiger partial charge in [-0.05, 0) is 36.6 Å². The van der Waals surface area contributed by atoms with Crippen LogP contribution in [0.1, 0.15) is 29.2 Å². The SMILES string of the molecule is Cc1cc(C(O)CCOCC(F)F)c(C)cc1Br. The standard InChI is InChI=1S/C13H17BrF2O2/c1-8-6-11(14)9(2)5-10(8)12(17)3-4-18-7-13(15)16/h5-6,12-13,17H,3-4,7H2,1-2H3. The maximum absolute atomic E-state index is 11.9. The highest BCUT2D eigenvalue weighted by Crippen LogP contribution is 2.26. The molecule has 0 saturated heterocycles. The number of ether oxygens (including phenoxy) is 1. The molecule has 1 aromatic rings. The molecule has 1 rings (SSSR count). The lowest BCUT2D eigenvalue weighted by atomic mass is 9.99. The largest absolute Gasteiger partial charge is 0.388 e. The van der Waals surface area contributed by atoms with E-state index in [1.54, 1.807) is 0 Å². The van der Waals surface area contributed by atoms with E-state index < -0.39 is 19.1 Å². The zero-order chi connectivity index (χ0) is 13.7. The zero-order valence-electron chi connectivity index (χ0n) is 10.4. The Morgan fingerprint density at radius 1 is 1.28 bits per heavy atom. The summed E-state index contributed by atoms with van der Waals surface area (Å²) in [5.74, 6) is 0. The molecule has 0 fully saturated rings. The van der Waals surface area contributed by atoms with Crippen LogP contribution < -0.4 is 0 Å². The van der Waals surface area contributed by atoms with E-state index in [0.29, 0.717) is 6.42 Å². The number of halogens is 3. The Labute approximate surface area is 114 Å². The summed E-state index contributed by atoms with van der Waals surface area (Å²) in [4.78, 5) is 0. The Kier molecular flexibility index (Phi) is 6.18. The molecule has 0 saturated carbocycles. The van der Waals surface area contributed by atoms with Gasteiger partial charge in [-0.25, -0.2) is 8.78 Å². The third kappa shape index (κ3) is 4.63. The summed E-state index contributed by atoms with van der Waals surface area (Å²) < 4.78 is 29.5. The van der Waals surface area contributed by atoms with Gasteiger partial charge in [0.15, 0.2) is 0 Å². The van der Waals surface area contributed by atoms with Gasteiger partial charge in [-0.2, -0.15) is 0 Å². The lowest BCUT2D eigenvalue weighted by molar-refractivity contribution is 0.00475. The predicted octanol–water partition coefficient (Wildman–Crippen LogP) is 3.77. The van der Waals surface area contributed by atoms with Crippen molar-refractivity contribution in [3.8, 4) is 0 Å². The quantitative estimate of drug-likeness (QED) is 0.808. The first kappa shape index (κ1) is 15.5. The van der Waals surface area contributed by atoms with Crippen molar-refractivity contribution in [1.29, 1.82) is 0 Å². The molecule has 0 spiro atoms. The van der Waals surface area contributed by atoms with Crippen LogP contribution in [0.5, 0.6) is 0 Å². The Bertz CT molecular complexity index is 397. The molecule has 5 heteroatoms. The molecule has 1 unspecified atom stereocenters. The van der Waals surface area contributed by atoms with Gasteiger partial charge in [-0.3, -0.25) is 0 Å². The first-order valence-electron chi connectivity index (χ1n) is 5.72. The fraction of sp³-hybridized carbons (Fsp3) is 0.538. The number of hydrogen-bond acceptors (Lipinski definition) is 2. The summed E-state index contributed by atoms with van der Waals surface area (Å²) in [5, 5.41) is 10.00. The van der Waals surface area contributed by atoms with Crippen molar-refractivity contribution in [3.05, 3.63) is 33.3 Å². The topological polar surface area (TPSA) is 29.5 Å². The molecule has 0 aliphatic carbocycles. The van der Waals surface area contributed by atoms with Crippen LogP contribution >= 0.6 is 15.9 Å². The summed E-state index contributed by atoms with van der Waals surface area (Å²) in [7, 11) is 0. The van der Waals surface area contributed by atoms with E-state index in [1.165, 1.54) is 0 Å². The van der Waals surface area contributed by atoms with E-state index in [4.69, 9.17) is 4.74 Å². The molecule has 2 nitrogen and oxygen atoms in total. The monoisotopic (exact) mass is 322 g/mol. The molecule has 0 aliphatic rings. The number of aliphatic hydroxyl groups excluding tert-OH is 1. The second-order valence-corrected chi connectivity index (χ2v) is 5.08. The zero-order valence-corrected chi connectivity index (χ0v) is 12.0. The normalized spacial score (nSPS) is 13.1. The van der Waals surface area contributed by atoms with Crippen LogP contribution in [0.4, 0.5) is 8.78 Å². The van der Waals surface area contributed by atoms with Crippen LogP contribution in [0, 0.1) is 13.8 Å². The van der Waals surface area contributed by atoms with Gasteiger partial charge >= 0.3 is 0 Å². The van der Waals surface area contributed by atoms with Crippen molar-refractivity contribution in [2.75, 3.05) is 13.2 Å². The lowest BCUT2D eigenvalue weighted by Gasteiger charge is -2.15. The highest BCUT2D eigenvalue weighted by Gasteiger charge is 2.12. The van der Waals surface area contributed by atoms with Crippen molar-refractivity contribution >= 4 is 15.9 Å². The third-order valence-electron chi connectivity index (χ3n) is 2.69. The van der Waals surface area contributed by atoms with Crippen molar-refractivity contribution in [1.82, 2.24) is 0 Å². The molecular formula is C13H17BrF2O2. The number of aliphatic hydroxyl groups is 1. The van der Waals surface area contributed by atoms with Crippen molar-refractivity contribution in [2.24, 2.45) is 0 Å². The van der Waals surface area contributed by atoms with E-state index in [1.807, 2.05) is 26.0 Å². The van der Waals surface area contributed by atoms with Crippen LogP contribution in [-0.2, 0) is 4.74 Å². The maximum Gasteiger partial charge on any atom is 0.261 e. The number of alkyl halides is 2. The van der Waals surface area contributed by atoms with Gasteiger partial charge in [0.2, 0.25) is 0 Å². The van der Waals surface area contributed by atoms with Crippen LogP contribution in [-0.4, -0.2) is 24.7 Å². The Hall–Kier alpha value is -0.520. The van der Waals surface area contributed by atoms with Crippen molar-refractivity contribution in [2.45, 2.75) is 32.8 Å². The Morgan fingerprint density at radius 3 is 2.56 bits per heavy atom. The van der Waals surface area contributed by atoms with E-state index in [-0.39, 0.29) is 6.61 Å². The highest BCUT2D eigenvalue weighted by molar-refractivity contribution is 9.10. The van der Waals surface area contributed by atoms with Gasteiger partial charge in [-0.15, -0.1) is 0 Å². The minimum Gasteiger partial charge on any atom is -0.388 e. The van der Waals surface area contributed by atoms with Crippen LogP contribution in [0.3, 0.4) is 0 Å². The average molecular weight is 323 g/mol. The number of hydrogen-bond donors (Lipinski definition) is 1. The fourth-order valence-corrected chi connectivity index (χ4v) is 2.14. The molecule has 0 aliphatic heterocycles. The van der Waals surface area contributed by atoms with Crippen LogP contribution in [0.25, 0.3) is 0 Å². The number of rotatable bonds is 6. The highest BCUT2D eigenvalue weighted by atomic mass is 79.9. The predicted molar refractivity (Wildman–Crippen MR) is 70.0 cm³/mol. The van der Waals surface area contributed by atoms with Gasteiger partial charge < -0.3 is 9.84 Å². The van der Waals surface area contributed by atoms with Gasteiger partial charge in [0.25, 0.3) is 6.43 Å². The van der Waals surface area contributed by atoms with Gasteiger partial charge in [0, 0.05) is 17.5 Å². The molecule has 0 amide bonds. The summed E-state index contributed by atoms with van der Waals surface area (Å²) in [6, 6.07) is 3.84. The minimum absolute atomic E-state index is 0.125. The second-order valence-electron chi connectivity index (χ2n) is 4.23. The fourth-order valence-electron chi connectivity index (χ4n) is 1.69. The number of benzene rings is 1. The molecule has 1 N–H and O–H groups in total. The minimum atomic E-state index is -2.46. The first-order valence-corrected chi connectivity index (χ1v) is 6.51. The molecule has 1 atom stereocenters. The number of aryl methyl sites for hydroxylation is 2. The van der Waals surface area contributed by atoms with Crippen molar-refractivity contribution in [3.63, 3.8) is 0 Å². The van der Waals surface area contributed by atoms with Gasteiger partial charge in [0.1, 0.15) is 6.61 Å². The van der Waals surface area contributed by atoms with E-state index in [9.17, 15) is 13.9 Å². The first-order chi connectivity index (χ1) is 8.41. The van der Waals surface area contributed by atoms with Crippen LogP contribution in [0.2, 0.25) is 0 Å². The lowest BCUT2D eigenvalue weighted by Crippen LogP contribution is -2.09. The van der Waals surface area contributed by atoms with Gasteiger partial charge in [0.05, 0.1) is 6.10 Å². The third-order valence-corrected chi connectivity index (χ3v) is 3.54. The smallest absolute Gasteiger partial charge is 0.261 e. The van der Waals surface area contributed by atoms with E-state index in [2.05, 4.69) is 15.9 Å². The summed E-state index contributed by atoms with van der Waals surface area (Å²) in [6.45, 7) is 3.39. The van der Waals surface area contributed by atoms with Gasteiger partial charge in [-0.1, -0.05) is 22.0 Å². The molecular weight excluding hydrogens is 306 g/mol. The maximum atomic E-state index is 11.9. The summed E-state index contributed by atoms with van der Waals surface area (Å²) in [6.07, 6.45) is -2.83.